The molecule has 1 aliphatic rings. The highest BCUT2D eigenvalue weighted by molar-refractivity contribution is 7.99. The molecule has 3 N–H and O–H groups in total. The molecule has 10 heteroatoms. The van der Waals surface area contributed by atoms with E-state index >= 15 is 0 Å². The summed E-state index contributed by atoms with van der Waals surface area (Å²) in [7, 11) is 1.67. The van der Waals surface area contributed by atoms with E-state index in [1.165, 1.54) is 0 Å². The summed E-state index contributed by atoms with van der Waals surface area (Å²) in [6.45, 7) is 4.20. The number of thioether (sulfide) groups is 1. The molecule has 0 aromatic heterocycles. The zero-order valence-corrected chi connectivity index (χ0v) is 24.9. The molecule has 42 heavy (non-hydrogen) atoms. The summed E-state index contributed by atoms with van der Waals surface area (Å²) in [5, 5.41) is 14.7. The van der Waals surface area contributed by atoms with Crippen LogP contribution in [0.25, 0.3) is 0 Å². The van der Waals surface area contributed by atoms with E-state index in [2.05, 4.69) is 17.6 Å². The third-order valence-corrected chi connectivity index (χ3v) is 8.14. The van der Waals surface area contributed by atoms with Gasteiger partial charge in [-0.25, -0.2) is 4.79 Å². The first-order valence-corrected chi connectivity index (χ1v) is 14.9. The van der Waals surface area contributed by atoms with Crippen LogP contribution in [0.5, 0.6) is 5.75 Å². The Hall–Kier alpha value is -3.57. The van der Waals surface area contributed by atoms with Gasteiger partial charge in [-0.15, -0.1) is 11.8 Å². The molecule has 3 aromatic rings. The Morgan fingerprint density at radius 1 is 0.929 bits per heavy atom. The van der Waals surface area contributed by atoms with Crippen molar-refractivity contribution in [1.82, 2.24) is 10.6 Å². The average molecular weight is 595 g/mol. The van der Waals surface area contributed by atoms with E-state index in [0.29, 0.717) is 5.75 Å². The molecule has 1 fully saturated rings. The van der Waals surface area contributed by atoms with Crippen molar-refractivity contribution in [3.63, 3.8) is 0 Å². The van der Waals surface area contributed by atoms with Crippen molar-refractivity contribution in [3.05, 3.63) is 95.1 Å². The van der Waals surface area contributed by atoms with E-state index in [1.807, 2.05) is 72.8 Å². The molecule has 0 spiro atoms. The smallest absolute Gasteiger partial charge is 0.325 e. The van der Waals surface area contributed by atoms with Crippen LogP contribution in [0, 0.1) is 5.92 Å². The summed E-state index contributed by atoms with van der Waals surface area (Å²) in [4.78, 5) is 24.5. The third-order valence-electron chi connectivity index (χ3n) is 7.00. The standard InChI is InChI=1S/C32H38N2O7S/c1-4-39-29(36)18-34-32(37)33-17-22-9-15-25(16-10-22)31-40-27(20-42-28-8-6-5-7-26(28)38-3)21(2)30(41-31)24-13-11-23(19-35)12-14-24/h5-16,21,27,30-31,35H,4,17-20H2,1-3H3,(H2,33,34,37). The minimum Gasteiger partial charge on any atom is -0.496 e. The second kappa shape index (κ2) is 15.6. The van der Waals surface area contributed by atoms with E-state index in [4.69, 9.17) is 18.9 Å². The lowest BCUT2D eigenvalue weighted by molar-refractivity contribution is -0.268. The predicted molar refractivity (Wildman–Crippen MR) is 160 cm³/mol. The van der Waals surface area contributed by atoms with Crippen molar-refractivity contribution in [2.75, 3.05) is 26.0 Å². The molecular weight excluding hydrogens is 556 g/mol. The number of hydrogen-bond acceptors (Lipinski definition) is 8. The van der Waals surface area contributed by atoms with Gasteiger partial charge in [-0.2, -0.15) is 0 Å². The van der Waals surface area contributed by atoms with Crippen LogP contribution in [0.3, 0.4) is 0 Å². The van der Waals surface area contributed by atoms with Crippen LogP contribution in [0.15, 0.2) is 77.7 Å². The average Bonchev–Trinajstić information content (AvgIpc) is 3.03. The van der Waals surface area contributed by atoms with E-state index in [-0.39, 0.29) is 44.4 Å². The monoisotopic (exact) mass is 594 g/mol. The first-order chi connectivity index (χ1) is 20.4. The Bertz CT molecular complexity index is 1300. The second-order valence-corrected chi connectivity index (χ2v) is 10.9. The number of aliphatic hydroxyl groups is 1. The molecule has 1 heterocycles. The number of para-hydroxylation sites is 1. The maximum Gasteiger partial charge on any atom is 0.325 e. The van der Waals surface area contributed by atoms with Crippen molar-refractivity contribution < 1.29 is 33.6 Å². The van der Waals surface area contributed by atoms with Crippen LogP contribution in [0.1, 0.15) is 48.5 Å². The van der Waals surface area contributed by atoms with Gasteiger partial charge in [-0.1, -0.05) is 67.6 Å². The van der Waals surface area contributed by atoms with Crippen molar-refractivity contribution in [2.24, 2.45) is 5.92 Å². The van der Waals surface area contributed by atoms with Crippen molar-refractivity contribution in [3.8, 4) is 5.75 Å². The zero-order chi connectivity index (χ0) is 29.9. The highest BCUT2D eigenvalue weighted by atomic mass is 32.2. The summed E-state index contributed by atoms with van der Waals surface area (Å²) in [5.41, 5.74) is 3.61. The van der Waals surface area contributed by atoms with Crippen LogP contribution in [-0.2, 0) is 32.2 Å². The summed E-state index contributed by atoms with van der Waals surface area (Å²) < 4.78 is 23.4. The number of amides is 2. The number of methoxy groups -OCH3 is 1. The number of hydrogen-bond donors (Lipinski definition) is 3. The number of urea groups is 1. The Morgan fingerprint density at radius 3 is 2.31 bits per heavy atom. The van der Waals surface area contributed by atoms with Gasteiger partial charge in [0.25, 0.3) is 0 Å². The fourth-order valence-electron chi connectivity index (χ4n) is 4.62. The highest BCUT2D eigenvalue weighted by Crippen LogP contribution is 2.43. The molecule has 4 unspecified atom stereocenters. The molecule has 1 saturated heterocycles. The van der Waals surface area contributed by atoms with E-state index in [0.717, 1.165) is 32.9 Å². The minimum atomic E-state index is -0.595. The van der Waals surface area contributed by atoms with Gasteiger partial charge < -0.3 is 34.7 Å². The molecule has 3 aromatic carbocycles. The van der Waals surface area contributed by atoms with Gasteiger partial charge in [0.2, 0.25) is 0 Å². The number of ether oxygens (including phenoxy) is 4. The fourth-order valence-corrected chi connectivity index (χ4v) is 5.82. The number of nitrogens with one attached hydrogen (secondary N) is 2. The summed E-state index contributed by atoms with van der Waals surface area (Å²) in [5.74, 6) is 1.10. The van der Waals surface area contributed by atoms with Gasteiger partial charge >= 0.3 is 12.0 Å². The summed E-state index contributed by atoms with van der Waals surface area (Å²) >= 11 is 1.69. The highest BCUT2D eigenvalue weighted by Gasteiger charge is 2.38. The molecule has 0 saturated carbocycles. The molecule has 4 atom stereocenters. The number of aliphatic hydroxyl groups excluding tert-OH is 1. The molecule has 4 rings (SSSR count). The predicted octanol–water partition coefficient (Wildman–Crippen LogP) is 5.13. The van der Waals surface area contributed by atoms with Crippen LogP contribution in [0.2, 0.25) is 0 Å². The van der Waals surface area contributed by atoms with Crippen LogP contribution < -0.4 is 15.4 Å². The third kappa shape index (κ3) is 8.48. The summed E-state index contributed by atoms with van der Waals surface area (Å²) in [6.07, 6.45) is -0.934. The normalized spacial score (nSPS) is 20.0. The number of esters is 1. The lowest BCUT2D eigenvalue weighted by Gasteiger charge is -2.41. The topological polar surface area (TPSA) is 115 Å². The Morgan fingerprint density at radius 2 is 1.62 bits per heavy atom. The van der Waals surface area contributed by atoms with Crippen LogP contribution >= 0.6 is 11.8 Å². The number of carbonyl (C=O) groups is 2. The Kier molecular flexibility index (Phi) is 11.7. The second-order valence-electron chi connectivity index (χ2n) is 9.87. The molecule has 9 nitrogen and oxygen atoms in total. The Balaban J connectivity index is 1.45. The molecule has 0 aliphatic carbocycles. The van der Waals surface area contributed by atoms with Gasteiger partial charge in [0.1, 0.15) is 12.3 Å². The van der Waals surface area contributed by atoms with Crippen molar-refractivity contribution in [1.29, 1.82) is 0 Å². The Labute approximate surface area is 250 Å². The minimum absolute atomic E-state index is 0.0144. The fraction of sp³-hybridized carbons (Fsp3) is 0.375. The molecule has 224 valence electrons. The van der Waals surface area contributed by atoms with E-state index < -0.39 is 18.3 Å². The lowest BCUT2D eigenvalue weighted by Crippen LogP contribution is -2.39. The van der Waals surface area contributed by atoms with Crippen molar-refractivity contribution >= 4 is 23.8 Å². The first kappa shape index (κ1) is 31.4. The van der Waals surface area contributed by atoms with Gasteiger partial charge in [0.15, 0.2) is 6.29 Å². The lowest BCUT2D eigenvalue weighted by atomic mass is 9.91. The van der Waals surface area contributed by atoms with Crippen LogP contribution in [0.4, 0.5) is 4.79 Å². The molecule has 1 aliphatic heterocycles. The quantitative estimate of drug-likeness (QED) is 0.195. The van der Waals surface area contributed by atoms with Crippen molar-refractivity contribution in [2.45, 2.75) is 50.4 Å². The molecular formula is C32H38N2O7S. The maximum absolute atomic E-state index is 12.0. The molecule has 0 bridgehead atoms. The van der Waals surface area contributed by atoms with E-state index in [9.17, 15) is 14.7 Å². The van der Waals surface area contributed by atoms with Gasteiger partial charge in [-0.05, 0) is 35.7 Å². The van der Waals surface area contributed by atoms with Gasteiger partial charge in [0.05, 0.1) is 32.5 Å². The van der Waals surface area contributed by atoms with Crippen LogP contribution in [-0.4, -0.2) is 49.2 Å². The van der Waals surface area contributed by atoms with E-state index in [1.54, 1.807) is 25.8 Å². The summed E-state index contributed by atoms with van der Waals surface area (Å²) in [6, 6.07) is 23.0. The van der Waals surface area contributed by atoms with Gasteiger partial charge in [-0.3, -0.25) is 4.79 Å². The molecule has 2 amide bonds. The largest absolute Gasteiger partial charge is 0.496 e. The zero-order valence-electron chi connectivity index (χ0n) is 24.1. The SMILES string of the molecule is CCOC(=O)CNC(=O)NCc1ccc(C2OC(CSc3ccccc3OC)C(C)C(c3ccc(CO)cc3)O2)cc1. The first-order valence-electron chi connectivity index (χ1n) is 13.9. The molecule has 0 radical (unpaired) electrons. The maximum atomic E-state index is 12.0. The number of rotatable bonds is 12. The number of benzene rings is 3. The number of carbonyl (C=O) groups excluding carboxylic acids is 2. The van der Waals surface area contributed by atoms with Gasteiger partial charge in [0, 0.05) is 28.7 Å².